The Kier molecular flexibility index (Phi) is 6.24. The van der Waals surface area contributed by atoms with Gasteiger partial charge in [0.15, 0.2) is 0 Å². The van der Waals surface area contributed by atoms with Crippen molar-refractivity contribution in [2.75, 3.05) is 46.1 Å². The van der Waals surface area contributed by atoms with Crippen molar-refractivity contribution in [2.45, 2.75) is 0 Å². The highest BCUT2D eigenvalue weighted by atomic mass is 19.1. The molecule has 0 fully saturated rings. The Morgan fingerprint density at radius 1 is 1.47 bits per heavy atom. The summed E-state index contributed by atoms with van der Waals surface area (Å²) < 4.78 is 18.2. The predicted molar refractivity (Wildman–Crippen MR) is 72.5 cm³/mol. The van der Waals surface area contributed by atoms with Crippen molar-refractivity contribution >= 4 is 11.6 Å². The molecule has 5 nitrogen and oxygen atoms in total. The summed E-state index contributed by atoms with van der Waals surface area (Å²) in [5.41, 5.74) is 5.57. The Bertz CT molecular complexity index is 426. The van der Waals surface area contributed by atoms with Gasteiger partial charge in [-0.05, 0) is 19.2 Å². The number of nitrogen functional groups attached to an aromatic ring is 1. The number of carbonyl (C=O) groups excluding carboxylic acids is 1. The lowest BCUT2D eigenvalue weighted by molar-refractivity contribution is 0.0948. The first kappa shape index (κ1) is 15.4. The number of carbonyl (C=O) groups is 1. The number of nitrogens with two attached hydrogens (primary N) is 1. The highest BCUT2D eigenvalue weighted by Gasteiger charge is 2.12. The van der Waals surface area contributed by atoms with E-state index in [1.165, 1.54) is 18.2 Å². The summed E-state index contributed by atoms with van der Waals surface area (Å²) in [5, 5.41) is 2.71. The summed E-state index contributed by atoms with van der Waals surface area (Å²) in [6.07, 6.45) is 0. The van der Waals surface area contributed by atoms with Crippen molar-refractivity contribution in [3.05, 3.63) is 29.6 Å². The van der Waals surface area contributed by atoms with E-state index >= 15 is 0 Å². The van der Waals surface area contributed by atoms with E-state index in [9.17, 15) is 9.18 Å². The van der Waals surface area contributed by atoms with Crippen LogP contribution in [-0.4, -0.2) is 51.2 Å². The number of likely N-dealkylation sites (N-methyl/N-ethyl adjacent to an activating group) is 1. The van der Waals surface area contributed by atoms with Gasteiger partial charge in [-0.1, -0.05) is 6.07 Å². The summed E-state index contributed by atoms with van der Waals surface area (Å²) in [6.45, 7) is 2.58. The number of ether oxygens (including phenoxy) is 1. The number of nitrogens with zero attached hydrogens (tertiary/aromatic N) is 1. The summed E-state index contributed by atoms with van der Waals surface area (Å²) in [5.74, 6) is -0.943. The molecule has 6 heteroatoms. The van der Waals surface area contributed by atoms with Crippen LogP contribution in [0.2, 0.25) is 0 Å². The minimum Gasteiger partial charge on any atom is -0.396 e. The molecule has 1 aromatic carbocycles. The maximum absolute atomic E-state index is 13.2. The fourth-order valence-electron chi connectivity index (χ4n) is 1.55. The first-order chi connectivity index (χ1) is 9.06. The van der Waals surface area contributed by atoms with Crippen LogP contribution < -0.4 is 11.1 Å². The van der Waals surface area contributed by atoms with E-state index < -0.39 is 5.82 Å². The van der Waals surface area contributed by atoms with Gasteiger partial charge >= 0.3 is 0 Å². The van der Waals surface area contributed by atoms with Gasteiger partial charge in [-0.3, -0.25) is 4.79 Å². The van der Waals surface area contributed by atoms with Gasteiger partial charge in [-0.15, -0.1) is 0 Å². The van der Waals surface area contributed by atoms with Gasteiger partial charge in [0.2, 0.25) is 0 Å². The van der Waals surface area contributed by atoms with Crippen molar-refractivity contribution < 1.29 is 13.9 Å². The monoisotopic (exact) mass is 269 g/mol. The van der Waals surface area contributed by atoms with Crippen LogP contribution >= 0.6 is 0 Å². The molecule has 106 valence electrons. The number of nitrogens with one attached hydrogen (secondary N) is 1. The largest absolute Gasteiger partial charge is 0.396 e. The van der Waals surface area contributed by atoms with Crippen molar-refractivity contribution in [2.24, 2.45) is 0 Å². The third-order valence-electron chi connectivity index (χ3n) is 2.75. The summed E-state index contributed by atoms with van der Waals surface area (Å²) in [4.78, 5) is 13.8. The van der Waals surface area contributed by atoms with E-state index in [0.717, 1.165) is 6.54 Å². The lowest BCUT2D eigenvalue weighted by atomic mass is 10.1. The molecular formula is C13H20FN3O2. The third kappa shape index (κ3) is 4.84. The van der Waals surface area contributed by atoms with Crippen LogP contribution in [-0.2, 0) is 4.74 Å². The normalized spacial score (nSPS) is 10.7. The van der Waals surface area contributed by atoms with E-state index in [1.54, 1.807) is 7.11 Å². The van der Waals surface area contributed by atoms with Crippen molar-refractivity contribution in [1.82, 2.24) is 10.2 Å². The van der Waals surface area contributed by atoms with Crippen LogP contribution in [0.3, 0.4) is 0 Å². The van der Waals surface area contributed by atoms with Gasteiger partial charge < -0.3 is 20.7 Å². The zero-order valence-corrected chi connectivity index (χ0v) is 11.3. The molecule has 0 radical (unpaired) electrons. The third-order valence-corrected chi connectivity index (χ3v) is 2.75. The Morgan fingerprint density at radius 3 is 2.89 bits per heavy atom. The Hall–Kier alpha value is -1.66. The molecule has 1 amide bonds. The molecule has 0 saturated heterocycles. The maximum atomic E-state index is 13.2. The summed E-state index contributed by atoms with van der Waals surface area (Å²) in [7, 11) is 3.57. The number of rotatable bonds is 7. The first-order valence-electron chi connectivity index (χ1n) is 6.06. The number of hydrogen-bond donors (Lipinski definition) is 2. The van der Waals surface area contributed by atoms with E-state index in [2.05, 4.69) is 5.32 Å². The number of para-hydroxylation sites is 1. The average Bonchev–Trinajstić information content (AvgIpc) is 2.39. The molecule has 0 aromatic heterocycles. The zero-order chi connectivity index (χ0) is 14.3. The van der Waals surface area contributed by atoms with Gasteiger partial charge in [0.1, 0.15) is 5.82 Å². The van der Waals surface area contributed by atoms with Crippen molar-refractivity contribution in [1.29, 1.82) is 0 Å². The fourth-order valence-corrected chi connectivity index (χ4v) is 1.55. The molecule has 0 unspecified atom stereocenters. The van der Waals surface area contributed by atoms with Gasteiger partial charge in [0.25, 0.3) is 5.91 Å². The minimum atomic E-state index is -0.579. The van der Waals surface area contributed by atoms with Crippen LogP contribution in [0.25, 0.3) is 0 Å². The van der Waals surface area contributed by atoms with Crippen LogP contribution in [0, 0.1) is 5.82 Å². The van der Waals surface area contributed by atoms with Crippen molar-refractivity contribution in [3.63, 3.8) is 0 Å². The molecular weight excluding hydrogens is 249 g/mol. The number of anilines is 1. The number of hydrogen-bond acceptors (Lipinski definition) is 4. The molecule has 1 aromatic rings. The Morgan fingerprint density at radius 2 is 2.21 bits per heavy atom. The number of methoxy groups -OCH3 is 1. The quantitative estimate of drug-likeness (QED) is 0.716. The SMILES string of the molecule is COCCN(C)CCNC(=O)c1cccc(F)c1N. The number of benzene rings is 1. The summed E-state index contributed by atoms with van der Waals surface area (Å²) in [6, 6.07) is 4.19. The molecule has 0 heterocycles. The molecule has 0 aliphatic rings. The van der Waals surface area contributed by atoms with Crippen molar-refractivity contribution in [3.8, 4) is 0 Å². The van der Waals surface area contributed by atoms with E-state index in [1.807, 2.05) is 11.9 Å². The molecule has 3 N–H and O–H groups in total. The smallest absolute Gasteiger partial charge is 0.253 e. The lowest BCUT2D eigenvalue weighted by Gasteiger charge is -2.16. The second-order valence-corrected chi connectivity index (χ2v) is 4.25. The second kappa shape index (κ2) is 7.70. The second-order valence-electron chi connectivity index (χ2n) is 4.25. The summed E-state index contributed by atoms with van der Waals surface area (Å²) >= 11 is 0. The average molecular weight is 269 g/mol. The lowest BCUT2D eigenvalue weighted by Crippen LogP contribution is -2.34. The maximum Gasteiger partial charge on any atom is 0.253 e. The number of amides is 1. The molecule has 19 heavy (non-hydrogen) atoms. The van der Waals surface area contributed by atoms with E-state index in [0.29, 0.717) is 19.7 Å². The molecule has 0 saturated carbocycles. The van der Waals surface area contributed by atoms with Gasteiger partial charge in [0.05, 0.1) is 17.9 Å². The molecule has 1 rings (SSSR count). The van der Waals surface area contributed by atoms with E-state index in [4.69, 9.17) is 10.5 Å². The molecule has 0 spiro atoms. The van der Waals surface area contributed by atoms with Crippen LogP contribution in [0.5, 0.6) is 0 Å². The van der Waals surface area contributed by atoms with E-state index in [-0.39, 0.29) is 17.2 Å². The Balaban J connectivity index is 2.41. The Labute approximate surface area is 112 Å². The predicted octanol–water partition coefficient (Wildman–Crippen LogP) is 0.716. The minimum absolute atomic E-state index is 0.118. The highest BCUT2D eigenvalue weighted by molar-refractivity contribution is 5.99. The van der Waals surface area contributed by atoms with Gasteiger partial charge in [-0.25, -0.2) is 4.39 Å². The van der Waals surface area contributed by atoms with Gasteiger partial charge in [-0.2, -0.15) is 0 Å². The molecule has 0 aliphatic heterocycles. The molecule has 0 aliphatic carbocycles. The number of halogens is 1. The zero-order valence-electron chi connectivity index (χ0n) is 11.3. The van der Waals surface area contributed by atoms with Crippen LogP contribution in [0.4, 0.5) is 10.1 Å². The van der Waals surface area contributed by atoms with Gasteiger partial charge in [0, 0.05) is 26.7 Å². The highest BCUT2D eigenvalue weighted by Crippen LogP contribution is 2.15. The fraction of sp³-hybridized carbons (Fsp3) is 0.462. The molecule has 0 bridgehead atoms. The molecule has 0 atom stereocenters. The standard InChI is InChI=1S/C13H20FN3O2/c1-17(8-9-19-2)7-6-16-13(18)10-4-3-5-11(14)12(10)15/h3-5H,6-9,15H2,1-2H3,(H,16,18). The van der Waals surface area contributed by atoms with Crippen LogP contribution in [0.1, 0.15) is 10.4 Å². The van der Waals surface area contributed by atoms with Crippen LogP contribution in [0.15, 0.2) is 18.2 Å². The topological polar surface area (TPSA) is 67.6 Å². The first-order valence-corrected chi connectivity index (χ1v) is 6.06.